The first kappa shape index (κ1) is 29.0. The molecule has 3 aromatic carbocycles. The van der Waals surface area contributed by atoms with Crippen molar-refractivity contribution in [2.24, 2.45) is 0 Å². The number of nitrogens with one attached hydrogen (secondary N) is 3. The van der Waals surface area contributed by atoms with E-state index in [9.17, 15) is 9.59 Å². The van der Waals surface area contributed by atoms with Crippen molar-refractivity contribution < 1.29 is 19.1 Å². The van der Waals surface area contributed by atoms with Crippen LogP contribution in [0.3, 0.4) is 0 Å². The van der Waals surface area contributed by atoms with E-state index >= 15 is 0 Å². The van der Waals surface area contributed by atoms with E-state index in [4.69, 9.17) is 21.7 Å². The molecule has 200 valence electrons. The first-order valence-electron chi connectivity index (χ1n) is 12.5. The predicted octanol–water partition coefficient (Wildman–Crippen LogP) is 6.97. The summed E-state index contributed by atoms with van der Waals surface area (Å²) in [7, 11) is 1.61. The smallest absolute Gasteiger partial charge is 0.338 e. The van der Waals surface area contributed by atoms with Gasteiger partial charge in [-0.3, -0.25) is 4.79 Å². The third kappa shape index (κ3) is 8.78. The molecule has 3 N–H and O–H groups in total. The largest absolute Gasteiger partial charge is 0.495 e. The van der Waals surface area contributed by atoms with Crippen LogP contribution < -0.4 is 20.7 Å². The van der Waals surface area contributed by atoms with Crippen molar-refractivity contribution in [3.05, 3.63) is 78.4 Å². The number of carbonyl (C=O) groups is 2. The topological polar surface area (TPSA) is 88.7 Å². The molecule has 0 spiro atoms. The van der Waals surface area contributed by atoms with Crippen LogP contribution in [0.5, 0.6) is 5.75 Å². The number of esters is 1. The number of carbonyl (C=O) groups excluding carboxylic acids is 2. The van der Waals surface area contributed by atoms with Crippen LogP contribution in [-0.2, 0) is 9.53 Å². The highest BCUT2D eigenvalue weighted by molar-refractivity contribution is 8.00. The van der Waals surface area contributed by atoms with Crippen LogP contribution in [-0.4, -0.2) is 36.0 Å². The number of hydrogen-bond donors (Lipinski definition) is 3. The molecule has 0 bridgehead atoms. The molecule has 1 amide bonds. The molecule has 3 rings (SSSR count). The van der Waals surface area contributed by atoms with Crippen LogP contribution in [0.15, 0.2) is 77.7 Å². The highest BCUT2D eigenvalue weighted by atomic mass is 32.2. The van der Waals surface area contributed by atoms with Crippen molar-refractivity contribution in [2.45, 2.75) is 43.3 Å². The average molecular weight is 552 g/mol. The van der Waals surface area contributed by atoms with Gasteiger partial charge in [-0.25, -0.2) is 4.79 Å². The van der Waals surface area contributed by atoms with E-state index in [1.807, 2.05) is 62.4 Å². The third-order valence-corrected chi connectivity index (χ3v) is 7.07. The van der Waals surface area contributed by atoms with Crippen LogP contribution in [0.4, 0.5) is 17.1 Å². The number of hydrogen-bond acceptors (Lipinski definition) is 6. The maximum Gasteiger partial charge on any atom is 0.338 e. The Hall–Kier alpha value is -3.56. The summed E-state index contributed by atoms with van der Waals surface area (Å²) in [6, 6.07) is 22.0. The quantitative estimate of drug-likeness (QED) is 0.0963. The summed E-state index contributed by atoms with van der Waals surface area (Å²) in [5, 5.41) is 9.40. The summed E-state index contributed by atoms with van der Waals surface area (Å²) in [5.74, 6) is 0.228. The molecule has 9 heteroatoms. The van der Waals surface area contributed by atoms with Crippen molar-refractivity contribution in [2.75, 3.05) is 29.7 Å². The summed E-state index contributed by atoms with van der Waals surface area (Å²) in [6.45, 7) is 4.42. The minimum Gasteiger partial charge on any atom is -0.495 e. The zero-order chi connectivity index (χ0) is 27.3. The summed E-state index contributed by atoms with van der Waals surface area (Å²) in [4.78, 5) is 26.0. The molecule has 1 unspecified atom stereocenters. The molecule has 0 aliphatic rings. The van der Waals surface area contributed by atoms with Gasteiger partial charge in [0.25, 0.3) is 0 Å². The maximum absolute atomic E-state index is 13.0. The first-order valence-corrected chi connectivity index (χ1v) is 13.8. The van der Waals surface area contributed by atoms with E-state index in [0.717, 1.165) is 29.1 Å². The zero-order valence-corrected chi connectivity index (χ0v) is 23.4. The van der Waals surface area contributed by atoms with Crippen molar-refractivity contribution in [3.63, 3.8) is 0 Å². The lowest BCUT2D eigenvalue weighted by Gasteiger charge is -2.16. The van der Waals surface area contributed by atoms with E-state index in [0.29, 0.717) is 35.1 Å². The van der Waals surface area contributed by atoms with E-state index < -0.39 is 0 Å². The van der Waals surface area contributed by atoms with Crippen molar-refractivity contribution in [3.8, 4) is 5.75 Å². The molecule has 0 radical (unpaired) electrons. The molecule has 0 aliphatic heterocycles. The number of ether oxygens (including phenoxy) is 2. The SMILES string of the molecule is CCCCOC(=O)c1ccc(NC(=O)C(CC)Sc2cccc(NC(=S)Nc3ccccc3OC)c2)cc1. The van der Waals surface area contributed by atoms with Gasteiger partial charge >= 0.3 is 5.97 Å². The molecule has 0 fully saturated rings. The number of methoxy groups -OCH3 is 1. The highest BCUT2D eigenvalue weighted by Gasteiger charge is 2.19. The maximum atomic E-state index is 13.0. The van der Waals surface area contributed by atoms with E-state index in [-0.39, 0.29) is 17.1 Å². The number of anilines is 3. The molecule has 38 heavy (non-hydrogen) atoms. The number of thiocarbonyl (C=S) groups is 1. The third-order valence-electron chi connectivity index (χ3n) is 5.51. The number of rotatable bonds is 12. The summed E-state index contributed by atoms with van der Waals surface area (Å²) in [6.07, 6.45) is 2.44. The second kappa shape index (κ2) is 15.0. The molecule has 0 aromatic heterocycles. The highest BCUT2D eigenvalue weighted by Crippen LogP contribution is 2.29. The van der Waals surface area contributed by atoms with Gasteiger partial charge in [0.1, 0.15) is 5.75 Å². The predicted molar refractivity (Wildman–Crippen MR) is 159 cm³/mol. The second-order valence-corrected chi connectivity index (χ2v) is 10.1. The van der Waals surface area contributed by atoms with Gasteiger partial charge in [0.2, 0.25) is 5.91 Å². The Morgan fingerprint density at radius 2 is 1.68 bits per heavy atom. The minimum atomic E-state index is -0.357. The van der Waals surface area contributed by atoms with Gasteiger partial charge in [-0.15, -0.1) is 11.8 Å². The Labute approximate surface area is 233 Å². The Kier molecular flexibility index (Phi) is 11.4. The monoisotopic (exact) mass is 551 g/mol. The lowest BCUT2D eigenvalue weighted by molar-refractivity contribution is -0.115. The van der Waals surface area contributed by atoms with Crippen LogP contribution >= 0.6 is 24.0 Å². The van der Waals surface area contributed by atoms with Crippen molar-refractivity contribution in [1.82, 2.24) is 0 Å². The second-order valence-electron chi connectivity index (χ2n) is 8.38. The Morgan fingerprint density at radius 1 is 0.921 bits per heavy atom. The van der Waals surface area contributed by atoms with Gasteiger partial charge in [0.15, 0.2) is 5.11 Å². The molecule has 0 heterocycles. The molecular formula is C29H33N3O4S2. The fourth-order valence-electron chi connectivity index (χ4n) is 3.47. The number of para-hydroxylation sites is 2. The van der Waals surface area contributed by atoms with Gasteiger partial charge in [-0.05, 0) is 79.7 Å². The van der Waals surface area contributed by atoms with E-state index in [1.54, 1.807) is 31.4 Å². The van der Waals surface area contributed by atoms with Crippen molar-refractivity contribution >= 4 is 58.0 Å². The number of amides is 1. The average Bonchev–Trinajstić information content (AvgIpc) is 2.92. The van der Waals surface area contributed by atoms with Crippen LogP contribution in [0.1, 0.15) is 43.5 Å². The van der Waals surface area contributed by atoms with E-state index in [2.05, 4.69) is 16.0 Å². The van der Waals surface area contributed by atoms with E-state index in [1.165, 1.54) is 11.8 Å². The van der Waals surface area contributed by atoms with Gasteiger partial charge in [0, 0.05) is 16.3 Å². The molecule has 0 saturated carbocycles. The van der Waals surface area contributed by atoms with Gasteiger partial charge in [-0.2, -0.15) is 0 Å². The number of benzene rings is 3. The van der Waals surface area contributed by atoms with Crippen LogP contribution in [0.2, 0.25) is 0 Å². The van der Waals surface area contributed by atoms with Gasteiger partial charge < -0.3 is 25.4 Å². The summed E-state index contributed by atoms with van der Waals surface area (Å²) < 4.78 is 10.6. The zero-order valence-electron chi connectivity index (χ0n) is 21.8. The molecule has 7 nitrogen and oxygen atoms in total. The molecular weight excluding hydrogens is 518 g/mol. The molecule has 1 atom stereocenters. The normalized spacial score (nSPS) is 11.2. The summed E-state index contributed by atoms with van der Waals surface area (Å²) in [5.41, 5.74) is 2.66. The fourth-order valence-corrected chi connectivity index (χ4v) is 4.71. The Bertz CT molecular complexity index is 1230. The number of thioether (sulfide) groups is 1. The Balaban J connectivity index is 1.57. The van der Waals surface area contributed by atoms with Crippen LogP contribution in [0, 0.1) is 0 Å². The number of unbranched alkanes of at least 4 members (excludes halogenated alkanes) is 1. The molecule has 3 aromatic rings. The minimum absolute atomic E-state index is 0.109. The van der Waals surface area contributed by atoms with Gasteiger partial charge in [-0.1, -0.05) is 38.5 Å². The molecule has 0 aliphatic carbocycles. The van der Waals surface area contributed by atoms with Crippen LogP contribution in [0.25, 0.3) is 0 Å². The fraction of sp³-hybridized carbons (Fsp3) is 0.276. The summed E-state index contributed by atoms with van der Waals surface area (Å²) >= 11 is 6.94. The Morgan fingerprint density at radius 3 is 2.39 bits per heavy atom. The van der Waals surface area contributed by atoms with Gasteiger partial charge in [0.05, 0.1) is 30.2 Å². The molecule has 0 saturated heterocycles. The van der Waals surface area contributed by atoms with Crippen molar-refractivity contribution in [1.29, 1.82) is 0 Å². The standard InChI is InChI=1S/C29H33N3O4S2/c1-4-6-18-36-28(34)20-14-16-21(17-15-20)30-27(33)26(5-2)38-23-11-9-10-22(19-23)31-29(37)32-24-12-7-8-13-25(24)35-3/h7-17,19,26H,4-6,18H2,1-3H3,(H,30,33)(H2,31,32,37). The lowest BCUT2D eigenvalue weighted by atomic mass is 10.2. The lowest BCUT2D eigenvalue weighted by Crippen LogP contribution is -2.24. The first-order chi connectivity index (χ1) is 18.4.